The van der Waals surface area contributed by atoms with Crippen molar-refractivity contribution in [2.24, 2.45) is 0 Å². The van der Waals surface area contributed by atoms with Crippen molar-refractivity contribution in [3.8, 4) is 0 Å². The minimum absolute atomic E-state index is 0.00714. The average molecular weight is 273 g/mol. The van der Waals surface area contributed by atoms with Gasteiger partial charge in [-0.2, -0.15) is 0 Å². The predicted octanol–water partition coefficient (Wildman–Crippen LogP) is 0.155. The third-order valence-corrected chi connectivity index (χ3v) is 3.04. The lowest BCUT2D eigenvalue weighted by molar-refractivity contribution is -0.137. The Kier molecular flexibility index (Phi) is 3.84. The highest BCUT2D eigenvalue weighted by atomic mass is 16.2. The molecule has 20 heavy (non-hydrogen) atoms. The highest BCUT2D eigenvalue weighted by Crippen LogP contribution is 2.11. The van der Waals surface area contributed by atoms with Gasteiger partial charge in [-0.15, -0.1) is 0 Å². The molecule has 3 amide bonds. The van der Waals surface area contributed by atoms with Crippen LogP contribution in [0.1, 0.15) is 12.0 Å². The molecular weight excluding hydrogens is 258 g/mol. The zero-order valence-electron chi connectivity index (χ0n) is 11.0. The Morgan fingerprint density at radius 3 is 2.80 bits per heavy atom. The summed E-state index contributed by atoms with van der Waals surface area (Å²) in [7, 11) is 1.40. The molecule has 6 heteroatoms. The van der Waals surface area contributed by atoms with Gasteiger partial charge in [0.25, 0.3) is 5.91 Å². The number of imide groups is 1. The van der Waals surface area contributed by atoms with Crippen molar-refractivity contribution < 1.29 is 14.4 Å². The molecule has 2 rings (SSSR count). The Morgan fingerprint density at radius 1 is 1.45 bits per heavy atom. The Balaban J connectivity index is 1.96. The Labute approximate surface area is 116 Å². The molecule has 1 aromatic carbocycles. The number of carbonyl (C=O) groups is 3. The Bertz CT molecular complexity index is 595. The fraction of sp³-hybridized carbons (Fsp3) is 0.214. The molecule has 1 fully saturated rings. The first-order valence-corrected chi connectivity index (χ1v) is 6.12. The van der Waals surface area contributed by atoms with E-state index in [-0.39, 0.29) is 18.2 Å². The molecule has 3 N–H and O–H groups in total. The van der Waals surface area contributed by atoms with E-state index in [0.717, 1.165) is 10.5 Å². The molecule has 1 atom stereocenters. The van der Waals surface area contributed by atoms with E-state index in [0.29, 0.717) is 5.69 Å². The van der Waals surface area contributed by atoms with Crippen molar-refractivity contribution in [1.82, 2.24) is 10.2 Å². The summed E-state index contributed by atoms with van der Waals surface area (Å²) in [5.74, 6) is -1.10. The number of carbonyl (C=O) groups excluding carboxylic acids is 3. The lowest BCUT2D eigenvalue weighted by Crippen LogP contribution is -2.39. The van der Waals surface area contributed by atoms with Crippen LogP contribution in [-0.4, -0.2) is 35.7 Å². The van der Waals surface area contributed by atoms with E-state index >= 15 is 0 Å². The van der Waals surface area contributed by atoms with Gasteiger partial charge in [0.1, 0.15) is 6.04 Å². The van der Waals surface area contributed by atoms with Crippen LogP contribution in [0.3, 0.4) is 0 Å². The molecule has 0 aromatic heterocycles. The summed E-state index contributed by atoms with van der Waals surface area (Å²) in [6, 6.07) is 6.28. The van der Waals surface area contributed by atoms with Gasteiger partial charge in [0, 0.05) is 18.8 Å². The van der Waals surface area contributed by atoms with E-state index in [1.807, 2.05) is 0 Å². The van der Waals surface area contributed by atoms with Gasteiger partial charge in [0.05, 0.1) is 6.42 Å². The van der Waals surface area contributed by atoms with Crippen molar-refractivity contribution in [2.75, 3.05) is 12.8 Å². The number of nitrogens with one attached hydrogen (secondary N) is 1. The number of likely N-dealkylation sites (N-methyl/N-ethyl adjacent to an activating group) is 1. The minimum Gasteiger partial charge on any atom is -0.399 e. The van der Waals surface area contributed by atoms with Crippen molar-refractivity contribution >= 4 is 29.5 Å². The standard InChI is InChI=1S/C14H15N3O3/c1-17-13(19)8-11(14(17)20)16-12(18)6-5-9-3-2-4-10(15)7-9/h2-7,11H,8,15H2,1H3,(H,16,18)/b6-5+. The van der Waals surface area contributed by atoms with Gasteiger partial charge < -0.3 is 11.1 Å². The second-order valence-electron chi connectivity index (χ2n) is 4.56. The van der Waals surface area contributed by atoms with Crippen LogP contribution in [-0.2, 0) is 14.4 Å². The van der Waals surface area contributed by atoms with Crippen molar-refractivity contribution in [3.05, 3.63) is 35.9 Å². The van der Waals surface area contributed by atoms with Gasteiger partial charge in [0.15, 0.2) is 0 Å². The smallest absolute Gasteiger partial charge is 0.252 e. The molecule has 6 nitrogen and oxygen atoms in total. The molecule has 1 saturated heterocycles. The van der Waals surface area contributed by atoms with Crippen molar-refractivity contribution in [2.45, 2.75) is 12.5 Å². The number of benzene rings is 1. The fourth-order valence-electron chi connectivity index (χ4n) is 1.92. The lowest BCUT2D eigenvalue weighted by atomic mass is 10.2. The summed E-state index contributed by atoms with van der Waals surface area (Å²) in [6.07, 6.45) is 2.91. The molecule has 104 valence electrons. The Morgan fingerprint density at radius 2 is 2.20 bits per heavy atom. The zero-order chi connectivity index (χ0) is 14.7. The van der Waals surface area contributed by atoms with E-state index in [1.165, 1.54) is 13.1 Å². The first kappa shape index (κ1) is 13.8. The molecule has 1 aliphatic rings. The van der Waals surface area contributed by atoms with Crippen LogP contribution >= 0.6 is 0 Å². The predicted molar refractivity (Wildman–Crippen MR) is 74.2 cm³/mol. The third kappa shape index (κ3) is 3.03. The number of hydrogen-bond donors (Lipinski definition) is 2. The summed E-state index contributed by atoms with van der Waals surface area (Å²) >= 11 is 0. The summed E-state index contributed by atoms with van der Waals surface area (Å²) in [6.45, 7) is 0. The van der Waals surface area contributed by atoms with Crippen LogP contribution in [0.25, 0.3) is 6.08 Å². The van der Waals surface area contributed by atoms with Gasteiger partial charge in [-0.05, 0) is 23.8 Å². The van der Waals surface area contributed by atoms with E-state index < -0.39 is 11.9 Å². The van der Waals surface area contributed by atoms with E-state index in [1.54, 1.807) is 30.3 Å². The summed E-state index contributed by atoms with van der Waals surface area (Å²) in [5.41, 5.74) is 7.01. The van der Waals surface area contributed by atoms with Crippen LogP contribution in [0, 0.1) is 0 Å². The van der Waals surface area contributed by atoms with Gasteiger partial charge in [-0.25, -0.2) is 0 Å². The number of nitrogen functional groups attached to an aromatic ring is 1. The Hall–Kier alpha value is -2.63. The van der Waals surface area contributed by atoms with Crippen LogP contribution < -0.4 is 11.1 Å². The van der Waals surface area contributed by atoms with Crippen molar-refractivity contribution in [1.29, 1.82) is 0 Å². The number of likely N-dealkylation sites (tertiary alicyclic amines) is 1. The number of nitrogens with two attached hydrogens (primary N) is 1. The van der Waals surface area contributed by atoms with Gasteiger partial charge in [-0.1, -0.05) is 12.1 Å². The number of rotatable bonds is 3. The maximum Gasteiger partial charge on any atom is 0.252 e. The van der Waals surface area contributed by atoms with Gasteiger partial charge >= 0.3 is 0 Å². The molecule has 0 aliphatic carbocycles. The topological polar surface area (TPSA) is 92.5 Å². The maximum absolute atomic E-state index is 11.7. The van der Waals surface area contributed by atoms with E-state index in [2.05, 4.69) is 5.32 Å². The molecule has 0 spiro atoms. The van der Waals surface area contributed by atoms with Crippen molar-refractivity contribution in [3.63, 3.8) is 0 Å². The molecule has 1 aliphatic heterocycles. The molecular formula is C14H15N3O3. The zero-order valence-corrected chi connectivity index (χ0v) is 11.0. The van der Waals surface area contributed by atoms with Gasteiger partial charge in [-0.3, -0.25) is 19.3 Å². The average Bonchev–Trinajstić information content (AvgIpc) is 2.64. The second kappa shape index (κ2) is 5.56. The third-order valence-electron chi connectivity index (χ3n) is 3.04. The fourth-order valence-corrected chi connectivity index (χ4v) is 1.92. The van der Waals surface area contributed by atoms with Crippen LogP contribution in [0.2, 0.25) is 0 Å². The normalized spacial score (nSPS) is 18.9. The number of anilines is 1. The largest absolute Gasteiger partial charge is 0.399 e. The summed E-state index contributed by atoms with van der Waals surface area (Å²) in [5, 5.41) is 2.51. The van der Waals surface area contributed by atoms with Crippen LogP contribution in [0.4, 0.5) is 5.69 Å². The quantitative estimate of drug-likeness (QED) is 0.466. The lowest BCUT2D eigenvalue weighted by Gasteiger charge is -2.09. The second-order valence-corrected chi connectivity index (χ2v) is 4.56. The summed E-state index contributed by atoms with van der Waals surface area (Å²) < 4.78 is 0. The van der Waals surface area contributed by atoms with Gasteiger partial charge in [0.2, 0.25) is 11.8 Å². The number of hydrogen-bond acceptors (Lipinski definition) is 4. The molecule has 1 aromatic rings. The first-order valence-electron chi connectivity index (χ1n) is 6.12. The van der Waals surface area contributed by atoms with Crippen LogP contribution in [0.15, 0.2) is 30.3 Å². The minimum atomic E-state index is -0.773. The number of nitrogens with zero attached hydrogens (tertiary/aromatic N) is 1. The molecule has 1 unspecified atom stereocenters. The highest BCUT2D eigenvalue weighted by molar-refractivity contribution is 6.07. The monoisotopic (exact) mass is 273 g/mol. The van der Waals surface area contributed by atoms with Crippen LogP contribution in [0.5, 0.6) is 0 Å². The number of amides is 3. The molecule has 0 saturated carbocycles. The summed E-state index contributed by atoms with van der Waals surface area (Å²) in [4.78, 5) is 35.7. The first-order chi connectivity index (χ1) is 9.47. The maximum atomic E-state index is 11.7. The SMILES string of the molecule is CN1C(=O)CC(NC(=O)/C=C/c2cccc(N)c2)C1=O. The van der Waals surface area contributed by atoms with E-state index in [4.69, 9.17) is 5.73 Å². The molecule has 1 heterocycles. The highest BCUT2D eigenvalue weighted by Gasteiger charge is 2.36. The molecule has 0 bridgehead atoms. The molecule has 0 radical (unpaired) electrons. The van der Waals surface area contributed by atoms with E-state index in [9.17, 15) is 14.4 Å².